The first-order valence-electron chi connectivity index (χ1n) is 10.4. The van der Waals surface area contributed by atoms with Crippen LogP contribution in [0.15, 0.2) is 40.4 Å². The zero-order valence-electron chi connectivity index (χ0n) is 19.5. The third-order valence-corrected chi connectivity index (χ3v) is 9.03. The van der Waals surface area contributed by atoms with Crippen molar-refractivity contribution in [1.29, 1.82) is 0 Å². The lowest BCUT2D eigenvalue weighted by Crippen LogP contribution is -2.23. The van der Waals surface area contributed by atoms with Gasteiger partial charge in [-0.25, -0.2) is 13.2 Å². The van der Waals surface area contributed by atoms with Gasteiger partial charge < -0.3 is 14.6 Å². The molecular weight excluding hydrogens is 496 g/mol. The number of ether oxygens (including phenoxy) is 1. The van der Waals surface area contributed by atoms with Gasteiger partial charge in [0.25, 0.3) is 0 Å². The van der Waals surface area contributed by atoms with Crippen molar-refractivity contribution in [3.8, 4) is 0 Å². The lowest BCUT2D eigenvalue weighted by atomic mass is 10.1. The Kier molecular flexibility index (Phi) is 8.16. The van der Waals surface area contributed by atoms with Crippen LogP contribution in [0.4, 0.5) is 5.00 Å². The summed E-state index contributed by atoms with van der Waals surface area (Å²) in [6, 6.07) is 8.17. The third-order valence-electron chi connectivity index (χ3n) is 5.19. The third kappa shape index (κ3) is 5.50. The molecule has 0 radical (unpaired) electrons. The number of amides is 1. The molecule has 0 saturated heterocycles. The molecule has 12 heteroatoms. The average molecular weight is 523 g/mol. The van der Waals surface area contributed by atoms with Gasteiger partial charge >= 0.3 is 5.97 Å². The molecule has 34 heavy (non-hydrogen) atoms. The maximum Gasteiger partial charge on any atom is 0.341 e. The minimum Gasteiger partial charge on any atom is -0.465 e. The van der Waals surface area contributed by atoms with Crippen molar-refractivity contribution in [2.45, 2.75) is 55.3 Å². The van der Waals surface area contributed by atoms with Crippen LogP contribution in [0.3, 0.4) is 0 Å². The molecule has 0 aliphatic heterocycles. The van der Waals surface area contributed by atoms with Crippen LogP contribution in [0.25, 0.3) is 0 Å². The number of aromatic nitrogens is 3. The van der Waals surface area contributed by atoms with Gasteiger partial charge in [-0.15, -0.1) is 21.5 Å². The van der Waals surface area contributed by atoms with Gasteiger partial charge in [0, 0.05) is 11.4 Å². The van der Waals surface area contributed by atoms with Gasteiger partial charge in [0.15, 0.2) is 15.0 Å². The molecule has 0 aliphatic carbocycles. The molecule has 0 fully saturated rings. The van der Waals surface area contributed by atoms with Crippen molar-refractivity contribution in [2.75, 3.05) is 12.4 Å². The zero-order valence-corrected chi connectivity index (χ0v) is 21.9. The fourth-order valence-electron chi connectivity index (χ4n) is 3.20. The topological polar surface area (TPSA) is 120 Å². The van der Waals surface area contributed by atoms with Gasteiger partial charge in [-0.1, -0.05) is 30.0 Å². The molecule has 1 unspecified atom stereocenters. The van der Waals surface area contributed by atoms with E-state index in [0.29, 0.717) is 28.1 Å². The molecule has 182 valence electrons. The molecule has 3 rings (SSSR count). The van der Waals surface area contributed by atoms with E-state index in [1.807, 2.05) is 13.8 Å². The Morgan fingerprint density at radius 3 is 2.50 bits per heavy atom. The van der Waals surface area contributed by atoms with E-state index in [2.05, 4.69) is 15.5 Å². The van der Waals surface area contributed by atoms with Gasteiger partial charge in [0.2, 0.25) is 5.91 Å². The second kappa shape index (κ2) is 10.7. The number of hydrogen-bond acceptors (Lipinski definition) is 9. The number of thioether (sulfide) groups is 1. The minimum absolute atomic E-state index is 0.213. The summed E-state index contributed by atoms with van der Waals surface area (Å²) < 4.78 is 32.1. The molecule has 9 nitrogen and oxygen atoms in total. The van der Waals surface area contributed by atoms with Crippen molar-refractivity contribution in [3.05, 3.63) is 52.2 Å². The van der Waals surface area contributed by atoms with Crippen LogP contribution in [0, 0.1) is 13.8 Å². The number of benzene rings is 1. The van der Waals surface area contributed by atoms with Crippen LogP contribution < -0.4 is 5.32 Å². The Morgan fingerprint density at radius 1 is 1.21 bits per heavy atom. The SMILES string of the molecule is CCn1c(CS(=O)(=O)c2ccccc2)nnc1SC(C)C(=O)Nc1sc(C)c(C)c1C(=O)OC. The predicted molar refractivity (Wildman–Crippen MR) is 132 cm³/mol. The first-order chi connectivity index (χ1) is 16.1. The molecule has 0 aliphatic rings. The maximum absolute atomic E-state index is 12.9. The normalized spacial score (nSPS) is 12.4. The van der Waals surface area contributed by atoms with Crippen LogP contribution in [0.5, 0.6) is 0 Å². The number of methoxy groups -OCH3 is 1. The number of sulfone groups is 1. The summed E-state index contributed by atoms with van der Waals surface area (Å²) in [7, 11) is -2.29. The van der Waals surface area contributed by atoms with Crippen LogP contribution >= 0.6 is 23.1 Å². The monoisotopic (exact) mass is 522 g/mol. The Balaban J connectivity index is 1.76. The van der Waals surface area contributed by atoms with Gasteiger partial charge in [-0.3, -0.25) is 4.79 Å². The fraction of sp³-hybridized carbons (Fsp3) is 0.364. The number of anilines is 1. The fourth-order valence-corrected chi connectivity index (χ4v) is 6.48. The van der Waals surface area contributed by atoms with Crippen molar-refractivity contribution < 1.29 is 22.7 Å². The van der Waals surface area contributed by atoms with Crippen LogP contribution in [-0.2, 0) is 31.7 Å². The van der Waals surface area contributed by atoms with Crippen LogP contribution in [-0.4, -0.2) is 47.4 Å². The van der Waals surface area contributed by atoms with Gasteiger partial charge in [-0.05, 0) is 45.4 Å². The van der Waals surface area contributed by atoms with E-state index in [4.69, 9.17) is 4.74 Å². The average Bonchev–Trinajstić information content (AvgIpc) is 3.32. The van der Waals surface area contributed by atoms with Crippen molar-refractivity contribution >= 4 is 49.8 Å². The number of aryl methyl sites for hydroxylation is 1. The smallest absolute Gasteiger partial charge is 0.341 e. The Bertz CT molecular complexity index is 1300. The highest BCUT2D eigenvalue weighted by Gasteiger charge is 2.26. The van der Waals surface area contributed by atoms with Crippen molar-refractivity contribution in [3.63, 3.8) is 0 Å². The Morgan fingerprint density at radius 2 is 1.88 bits per heavy atom. The predicted octanol–water partition coefficient (Wildman–Crippen LogP) is 3.86. The van der Waals surface area contributed by atoms with Crippen LogP contribution in [0.1, 0.15) is 40.5 Å². The quantitative estimate of drug-likeness (QED) is 0.332. The minimum atomic E-state index is -3.59. The molecule has 0 saturated carbocycles. The first kappa shape index (κ1) is 25.9. The number of hydrogen-bond donors (Lipinski definition) is 1. The van der Waals surface area contributed by atoms with Crippen LogP contribution in [0.2, 0.25) is 0 Å². The molecule has 3 aromatic rings. The second-order valence-corrected chi connectivity index (χ2v) is 12.0. The lowest BCUT2D eigenvalue weighted by Gasteiger charge is -2.13. The highest BCUT2D eigenvalue weighted by molar-refractivity contribution is 8.00. The Hall–Kier alpha value is -2.70. The summed E-state index contributed by atoms with van der Waals surface area (Å²) in [5.41, 5.74) is 1.11. The van der Waals surface area contributed by atoms with Gasteiger partial charge in [0.1, 0.15) is 16.6 Å². The number of nitrogens with one attached hydrogen (secondary N) is 1. The van der Waals surface area contributed by atoms with E-state index in [-0.39, 0.29) is 16.6 Å². The largest absolute Gasteiger partial charge is 0.465 e. The number of carbonyl (C=O) groups is 2. The van der Waals surface area contributed by atoms with E-state index in [1.54, 1.807) is 48.7 Å². The van der Waals surface area contributed by atoms with E-state index in [9.17, 15) is 18.0 Å². The summed E-state index contributed by atoms with van der Waals surface area (Å²) in [6.07, 6.45) is 0. The molecule has 2 aromatic heterocycles. The standard InChI is InChI=1S/C22H26N4O5S3/c1-6-26-17(12-34(29,30)16-10-8-7-9-11-16)24-25-22(26)33-15(4)19(27)23-20-18(21(28)31-5)13(2)14(3)32-20/h7-11,15H,6,12H2,1-5H3,(H,23,27). The van der Waals surface area contributed by atoms with Gasteiger partial charge in [0.05, 0.1) is 22.8 Å². The summed E-state index contributed by atoms with van der Waals surface area (Å²) in [4.78, 5) is 26.2. The number of esters is 1. The number of rotatable bonds is 9. The second-order valence-electron chi connectivity index (χ2n) is 7.44. The van der Waals surface area contributed by atoms with E-state index in [0.717, 1.165) is 10.4 Å². The number of carbonyl (C=O) groups excluding carboxylic acids is 2. The molecule has 1 atom stereocenters. The number of thiophene rings is 1. The van der Waals surface area contributed by atoms with E-state index < -0.39 is 21.1 Å². The Labute approximate surface area is 206 Å². The molecule has 2 heterocycles. The zero-order chi connectivity index (χ0) is 25.0. The molecular formula is C22H26N4O5S3. The highest BCUT2D eigenvalue weighted by Crippen LogP contribution is 2.34. The number of nitrogens with zero attached hydrogens (tertiary/aromatic N) is 3. The summed E-state index contributed by atoms with van der Waals surface area (Å²) >= 11 is 2.48. The summed E-state index contributed by atoms with van der Waals surface area (Å²) in [5.74, 6) is -0.818. The van der Waals surface area contributed by atoms with Gasteiger partial charge in [-0.2, -0.15) is 0 Å². The first-order valence-corrected chi connectivity index (χ1v) is 13.8. The lowest BCUT2D eigenvalue weighted by molar-refractivity contribution is -0.115. The van der Waals surface area contributed by atoms with E-state index >= 15 is 0 Å². The summed E-state index contributed by atoms with van der Waals surface area (Å²) in [5, 5.41) is 11.3. The molecule has 1 amide bonds. The molecule has 0 bridgehead atoms. The van der Waals surface area contributed by atoms with Crippen molar-refractivity contribution in [2.24, 2.45) is 0 Å². The summed E-state index contributed by atoms with van der Waals surface area (Å²) in [6.45, 7) is 7.69. The van der Waals surface area contributed by atoms with Crippen molar-refractivity contribution in [1.82, 2.24) is 14.8 Å². The highest BCUT2D eigenvalue weighted by atomic mass is 32.2. The molecule has 1 aromatic carbocycles. The van der Waals surface area contributed by atoms with E-state index in [1.165, 1.54) is 30.2 Å². The molecule has 0 spiro atoms. The maximum atomic E-state index is 12.9. The molecule has 1 N–H and O–H groups in total.